The van der Waals surface area contributed by atoms with Gasteiger partial charge in [-0.25, -0.2) is 4.98 Å². The summed E-state index contributed by atoms with van der Waals surface area (Å²) in [6.45, 7) is -2.86. The highest BCUT2D eigenvalue weighted by atomic mass is 32.2. The number of amides is 2. The van der Waals surface area contributed by atoms with Gasteiger partial charge in [0.15, 0.2) is 12.3 Å². The Balaban J connectivity index is 0.000000375. The summed E-state index contributed by atoms with van der Waals surface area (Å²) in [5.74, 6) is -2.15. The van der Waals surface area contributed by atoms with Crippen molar-refractivity contribution in [3.05, 3.63) is 42.0 Å². The zero-order chi connectivity index (χ0) is 27.9. The second-order valence-electron chi connectivity index (χ2n) is 7.88. The lowest BCUT2D eigenvalue weighted by Crippen LogP contribution is -2.35. The highest BCUT2D eigenvalue weighted by Gasteiger charge is 2.30. The Bertz CT molecular complexity index is 1250. The number of ether oxygens (including phenoxy) is 1. The number of carbonyl (C=O) groups is 2. The average molecular weight is 566 g/mol. The van der Waals surface area contributed by atoms with Crippen LogP contribution in [0.4, 0.5) is 37.3 Å². The molecule has 0 atom stereocenters. The molecule has 3 aromatic heterocycles. The molecule has 4 N–H and O–H groups in total. The fourth-order valence-electron chi connectivity index (χ4n) is 3.47. The third kappa shape index (κ3) is 7.70. The van der Waals surface area contributed by atoms with E-state index in [0.29, 0.717) is 6.20 Å². The topological polar surface area (TPSA) is 137 Å². The third-order valence-corrected chi connectivity index (χ3v) is 5.71. The van der Waals surface area contributed by atoms with Crippen LogP contribution in [0.2, 0.25) is 0 Å². The highest BCUT2D eigenvalue weighted by Crippen LogP contribution is 2.30. The van der Waals surface area contributed by atoms with Gasteiger partial charge in [-0.15, -0.1) is 3.89 Å². The van der Waals surface area contributed by atoms with Crippen molar-refractivity contribution in [1.82, 2.24) is 24.5 Å². The number of alkyl halides is 5. The minimum absolute atomic E-state index is 0.00958. The first-order chi connectivity index (χ1) is 18.0. The molecule has 38 heavy (non-hydrogen) atoms. The summed E-state index contributed by atoms with van der Waals surface area (Å²) in [5, 5.41) is 8.47. The number of pyridine rings is 2. The molecule has 0 saturated heterocycles. The number of nitrogen functional groups attached to an aromatic ring is 1. The Morgan fingerprint density at radius 1 is 1.13 bits per heavy atom. The maximum atomic E-state index is 13.0. The van der Waals surface area contributed by atoms with Crippen molar-refractivity contribution in [1.29, 1.82) is 0 Å². The van der Waals surface area contributed by atoms with Crippen LogP contribution in [0.3, 0.4) is 0 Å². The molecule has 1 aliphatic carbocycles. The highest BCUT2D eigenvalue weighted by molar-refractivity contribution is 7.92. The molecule has 1 saturated carbocycles. The van der Waals surface area contributed by atoms with Crippen molar-refractivity contribution in [2.24, 2.45) is 0 Å². The standard InChI is InChI=1S/C15H11F4N7O2S.C6H10F2O/c16-15(17,18)7-1-2-8(21-3-7)4-23-13(27)14(28)25-10-6-22-12(20)9-5-24-26(29-19)11(9)10;7-6(8)9-5-3-1-2-4-5/h1-3,5-6H,4H2,(H2,20,22)(H,23,27)(H,25,28);5-6H,1-4H2. The molecule has 0 aliphatic heterocycles. The van der Waals surface area contributed by atoms with Crippen LogP contribution >= 0.6 is 12.3 Å². The first kappa shape index (κ1) is 29.0. The third-order valence-electron chi connectivity index (χ3n) is 5.30. The van der Waals surface area contributed by atoms with Gasteiger partial charge in [0.2, 0.25) is 0 Å². The average Bonchev–Trinajstić information content (AvgIpc) is 3.54. The lowest BCUT2D eigenvalue weighted by Gasteiger charge is -2.09. The van der Waals surface area contributed by atoms with Crippen molar-refractivity contribution in [2.75, 3.05) is 11.1 Å². The lowest BCUT2D eigenvalue weighted by molar-refractivity contribution is -0.160. The molecule has 0 unspecified atom stereocenters. The van der Waals surface area contributed by atoms with Gasteiger partial charge in [0.05, 0.1) is 47.4 Å². The molecule has 0 bridgehead atoms. The van der Waals surface area contributed by atoms with E-state index in [1.54, 1.807) is 0 Å². The summed E-state index contributed by atoms with van der Waals surface area (Å²) in [6.07, 6.45) is 2.00. The second kappa shape index (κ2) is 12.8. The van der Waals surface area contributed by atoms with E-state index >= 15 is 0 Å². The number of anilines is 2. The fourth-order valence-corrected chi connectivity index (χ4v) is 3.82. The molecule has 1 fully saturated rings. The summed E-state index contributed by atoms with van der Waals surface area (Å²) < 4.78 is 78.6. The van der Waals surface area contributed by atoms with E-state index in [2.05, 4.69) is 30.4 Å². The molecule has 4 rings (SSSR count). The Morgan fingerprint density at radius 3 is 2.42 bits per heavy atom. The van der Waals surface area contributed by atoms with Gasteiger partial charge in [-0.05, 0) is 25.0 Å². The normalized spacial score (nSPS) is 13.9. The smallest absolute Gasteiger partial charge is 0.383 e. The van der Waals surface area contributed by atoms with Crippen LogP contribution in [0.5, 0.6) is 0 Å². The number of hydrogen-bond acceptors (Lipinski definition) is 8. The number of aromatic nitrogens is 4. The van der Waals surface area contributed by atoms with Gasteiger partial charge in [0.25, 0.3) is 0 Å². The Labute approximate surface area is 215 Å². The number of nitrogens with zero attached hydrogens (tertiary/aromatic N) is 4. The van der Waals surface area contributed by atoms with Crippen molar-refractivity contribution < 1.29 is 40.2 Å². The van der Waals surface area contributed by atoms with Crippen molar-refractivity contribution in [2.45, 2.75) is 51.1 Å². The number of rotatable bonds is 6. The number of carbonyl (C=O) groups excluding carboxylic acids is 2. The molecular weight excluding hydrogens is 544 g/mol. The molecular formula is C21H21F6N7O3S. The quantitative estimate of drug-likeness (QED) is 0.298. The Kier molecular flexibility index (Phi) is 9.73. The molecule has 2 amide bonds. The Hall–Kier alpha value is -3.60. The molecule has 0 radical (unpaired) electrons. The van der Waals surface area contributed by atoms with E-state index < -0.39 is 30.2 Å². The van der Waals surface area contributed by atoms with E-state index in [1.807, 2.05) is 0 Å². The monoisotopic (exact) mass is 565 g/mol. The SMILES string of the molecule is FC(F)OC1CCCC1.Nc1ncc(NC(=O)C(=O)NCc2ccc(C(F)(F)F)cn2)c2c1cnn2SF. The summed E-state index contributed by atoms with van der Waals surface area (Å²) in [5.41, 5.74) is 4.94. The van der Waals surface area contributed by atoms with Crippen molar-refractivity contribution in [3.63, 3.8) is 0 Å². The van der Waals surface area contributed by atoms with Gasteiger partial charge in [-0.3, -0.25) is 14.6 Å². The van der Waals surface area contributed by atoms with E-state index in [9.17, 15) is 35.4 Å². The van der Waals surface area contributed by atoms with Crippen molar-refractivity contribution >= 4 is 46.6 Å². The van der Waals surface area contributed by atoms with E-state index in [1.165, 1.54) is 6.20 Å². The number of fused-ring (bicyclic) bond motifs is 1. The molecule has 17 heteroatoms. The van der Waals surface area contributed by atoms with E-state index in [-0.39, 0.29) is 53.1 Å². The maximum absolute atomic E-state index is 13.0. The van der Waals surface area contributed by atoms with Gasteiger partial charge in [-0.1, -0.05) is 12.8 Å². The fraction of sp³-hybridized carbons (Fsp3) is 0.381. The van der Waals surface area contributed by atoms with E-state index in [0.717, 1.165) is 48.1 Å². The number of hydrogen-bond donors (Lipinski definition) is 3. The molecule has 206 valence electrons. The minimum Gasteiger partial charge on any atom is -0.383 e. The van der Waals surface area contributed by atoms with E-state index in [4.69, 9.17) is 5.73 Å². The number of nitrogens with two attached hydrogens (primary N) is 1. The van der Waals surface area contributed by atoms with Crippen LogP contribution in [0.25, 0.3) is 10.9 Å². The van der Waals surface area contributed by atoms with Crippen LogP contribution in [-0.2, 0) is 27.0 Å². The van der Waals surface area contributed by atoms with Gasteiger partial charge in [0.1, 0.15) is 11.3 Å². The lowest BCUT2D eigenvalue weighted by atomic mass is 10.2. The molecule has 3 aromatic rings. The van der Waals surface area contributed by atoms with Crippen LogP contribution in [0.15, 0.2) is 30.7 Å². The predicted octanol–water partition coefficient (Wildman–Crippen LogP) is 4.23. The van der Waals surface area contributed by atoms with Crippen LogP contribution in [0.1, 0.15) is 36.9 Å². The first-order valence-corrected chi connectivity index (χ1v) is 11.6. The first-order valence-electron chi connectivity index (χ1n) is 11.0. The van der Waals surface area contributed by atoms with Gasteiger partial charge >= 0.3 is 24.6 Å². The summed E-state index contributed by atoms with van der Waals surface area (Å²) in [4.78, 5) is 31.5. The zero-order valence-corrected chi connectivity index (χ0v) is 20.2. The van der Waals surface area contributed by atoms with Gasteiger partial charge < -0.3 is 21.1 Å². The minimum atomic E-state index is -4.53. The van der Waals surface area contributed by atoms with Crippen molar-refractivity contribution in [3.8, 4) is 0 Å². The number of nitrogens with one attached hydrogen (secondary N) is 2. The molecule has 0 aromatic carbocycles. The second-order valence-corrected chi connectivity index (χ2v) is 8.37. The van der Waals surface area contributed by atoms with Crippen LogP contribution in [0, 0.1) is 0 Å². The molecule has 1 aliphatic rings. The summed E-state index contributed by atoms with van der Waals surface area (Å²) in [7, 11) is 0. The Morgan fingerprint density at radius 2 is 1.84 bits per heavy atom. The maximum Gasteiger partial charge on any atom is 0.417 e. The summed E-state index contributed by atoms with van der Waals surface area (Å²) in [6, 6.07) is 1.88. The summed E-state index contributed by atoms with van der Waals surface area (Å²) >= 11 is -0.244. The molecule has 3 heterocycles. The zero-order valence-electron chi connectivity index (χ0n) is 19.3. The molecule has 0 spiro atoms. The molecule has 10 nitrogen and oxygen atoms in total. The van der Waals surface area contributed by atoms with Gasteiger partial charge in [0, 0.05) is 6.20 Å². The number of halogens is 6. The van der Waals surface area contributed by atoms with Crippen LogP contribution in [-0.4, -0.2) is 43.7 Å². The van der Waals surface area contributed by atoms with Gasteiger partial charge in [-0.2, -0.15) is 31.1 Å². The predicted molar refractivity (Wildman–Crippen MR) is 125 cm³/mol. The largest absolute Gasteiger partial charge is 0.417 e. The van der Waals surface area contributed by atoms with Crippen LogP contribution < -0.4 is 16.4 Å².